The number of ether oxygens (including phenoxy) is 2. The Kier molecular flexibility index (Phi) is 4.97. The second-order valence-electron chi connectivity index (χ2n) is 4.39. The summed E-state index contributed by atoms with van der Waals surface area (Å²) in [4.78, 5) is 11.0. The number of rotatable bonds is 7. The third-order valence-corrected chi connectivity index (χ3v) is 2.40. The van der Waals surface area contributed by atoms with E-state index in [2.05, 4.69) is 0 Å². The Labute approximate surface area is 107 Å². The Morgan fingerprint density at radius 2 is 1.72 bits per heavy atom. The minimum Gasteiger partial charge on any atom is -0.494 e. The van der Waals surface area contributed by atoms with Crippen LogP contribution in [0.2, 0.25) is 0 Å². The van der Waals surface area contributed by atoms with E-state index in [9.17, 15) is 4.79 Å². The molecule has 0 saturated heterocycles. The van der Waals surface area contributed by atoms with Gasteiger partial charge in [-0.25, -0.2) is 0 Å². The van der Waals surface area contributed by atoms with Gasteiger partial charge in [0, 0.05) is 0 Å². The van der Waals surface area contributed by atoms with Gasteiger partial charge in [0.15, 0.2) is 0 Å². The summed E-state index contributed by atoms with van der Waals surface area (Å²) < 4.78 is 10.8. The molecule has 0 spiro atoms. The highest BCUT2D eigenvalue weighted by atomic mass is 16.5. The molecule has 0 radical (unpaired) electrons. The van der Waals surface area contributed by atoms with Crippen molar-refractivity contribution in [3.8, 4) is 11.5 Å². The maximum absolute atomic E-state index is 11.0. The molecule has 5 heteroatoms. The van der Waals surface area contributed by atoms with Crippen LogP contribution in [0.15, 0.2) is 24.3 Å². The Balaban J connectivity index is 2.51. The van der Waals surface area contributed by atoms with E-state index < -0.39 is 11.4 Å². The van der Waals surface area contributed by atoms with E-state index in [0.717, 1.165) is 12.2 Å². The first-order valence-corrected chi connectivity index (χ1v) is 5.90. The fraction of sp³-hybridized carbons (Fsp3) is 0.462. The number of primary amides is 1. The molecule has 0 aliphatic heterocycles. The van der Waals surface area contributed by atoms with Crippen molar-refractivity contribution in [2.24, 2.45) is 11.5 Å². The molecule has 1 amide bonds. The van der Waals surface area contributed by atoms with Crippen molar-refractivity contribution in [2.45, 2.75) is 25.8 Å². The molecule has 0 fully saturated rings. The minimum atomic E-state index is -1.17. The molecule has 0 aromatic heterocycles. The summed E-state index contributed by atoms with van der Waals surface area (Å²) in [6, 6.07) is 7.15. The smallest absolute Gasteiger partial charge is 0.240 e. The van der Waals surface area contributed by atoms with Gasteiger partial charge in [0.2, 0.25) is 5.91 Å². The van der Waals surface area contributed by atoms with Crippen molar-refractivity contribution in [2.75, 3.05) is 13.2 Å². The zero-order valence-electron chi connectivity index (χ0n) is 10.8. The minimum absolute atomic E-state index is 0.0392. The molecule has 1 atom stereocenters. The lowest BCUT2D eigenvalue weighted by molar-refractivity contribution is -0.123. The molecule has 4 N–H and O–H groups in total. The molecule has 0 aliphatic carbocycles. The Hall–Kier alpha value is -1.75. The van der Waals surface area contributed by atoms with Gasteiger partial charge >= 0.3 is 0 Å². The lowest BCUT2D eigenvalue weighted by Gasteiger charge is -2.20. The van der Waals surface area contributed by atoms with Crippen LogP contribution in [0.4, 0.5) is 0 Å². The molecule has 18 heavy (non-hydrogen) atoms. The first-order valence-electron chi connectivity index (χ1n) is 5.90. The number of carbonyl (C=O) groups excluding carboxylic acids is 1. The molecule has 1 aromatic rings. The van der Waals surface area contributed by atoms with Crippen LogP contribution in [0, 0.1) is 0 Å². The Morgan fingerprint density at radius 1 is 1.22 bits per heavy atom. The SMILES string of the molecule is CCCOc1ccc(OCC(C)(N)C(N)=O)cc1. The van der Waals surface area contributed by atoms with Gasteiger partial charge in [-0.3, -0.25) is 4.79 Å². The van der Waals surface area contributed by atoms with Gasteiger partial charge in [-0.15, -0.1) is 0 Å². The van der Waals surface area contributed by atoms with Gasteiger partial charge in [-0.1, -0.05) is 6.92 Å². The quantitative estimate of drug-likeness (QED) is 0.759. The van der Waals surface area contributed by atoms with Gasteiger partial charge in [0.25, 0.3) is 0 Å². The topological polar surface area (TPSA) is 87.6 Å². The van der Waals surface area contributed by atoms with Crippen molar-refractivity contribution in [3.63, 3.8) is 0 Å². The van der Waals surface area contributed by atoms with E-state index >= 15 is 0 Å². The van der Waals surface area contributed by atoms with Crippen molar-refractivity contribution < 1.29 is 14.3 Å². The third-order valence-electron chi connectivity index (χ3n) is 2.40. The third kappa shape index (κ3) is 4.25. The highest BCUT2D eigenvalue weighted by molar-refractivity contribution is 5.84. The predicted octanol–water partition coefficient (Wildman–Crippen LogP) is 1.06. The molecular weight excluding hydrogens is 232 g/mol. The second kappa shape index (κ2) is 6.26. The number of nitrogens with two attached hydrogens (primary N) is 2. The van der Waals surface area contributed by atoms with Crippen LogP contribution >= 0.6 is 0 Å². The molecule has 1 rings (SSSR count). The maximum Gasteiger partial charge on any atom is 0.240 e. The average Bonchev–Trinajstić information content (AvgIpc) is 2.35. The van der Waals surface area contributed by atoms with Crippen molar-refractivity contribution >= 4 is 5.91 Å². The second-order valence-corrected chi connectivity index (χ2v) is 4.39. The lowest BCUT2D eigenvalue weighted by atomic mass is 10.1. The van der Waals surface area contributed by atoms with Crippen LogP contribution in [0.3, 0.4) is 0 Å². The van der Waals surface area contributed by atoms with E-state index in [1.54, 1.807) is 12.1 Å². The summed E-state index contributed by atoms with van der Waals surface area (Å²) in [6.07, 6.45) is 0.961. The normalized spacial score (nSPS) is 13.7. The standard InChI is InChI=1S/C13H20N2O3/c1-3-8-17-10-4-6-11(7-5-10)18-9-13(2,15)12(14)16/h4-7H,3,8-9,15H2,1-2H3,(H2,14,16). The van der Waals surface area contributed by atoms with Crippen LogP contribution in [0.25, 0.3) is 0 Å². The predicted molar refractivity (Wildman–Crippen MR) is 69.5 cm³/mol. The zero-order valence-corrected chi connectivity index (χ0v) is 10.8. The molecule has 0 saturated carbocycles. The largest absolute Gasteiger partial charge is 0.494 e. The van der Waals surface area contributed by atoms with Gasteiger partial charge < -0.3 is 20.9 Å². The molecule has 0 bridgehead atoms. The van der Waals surface area contributed by atoms with Crippen LogP contribution in [-0.4, -0.2) is 24.7 Å². The van der Waals surface area contributed by atoms with Crippen molar-refractivity contribution in [1.82, 2.24) is 0 Å². The summed E-state index contributed by atoms with van der Waals surface area (Å²) in [5.74, 6) is 0.816. The molecular formula is C13H20N2O3. The van der Waals surface area contributed by atoms with Gasteiger partial charge in [-0.2, -0.15) is 0 Å². The fourth-order valence-corrected chi connectivity index (χ4v) is 1.16. The van der Waals surface area contributed by atoms with Crippen LogP contribution in [0.1, 0.15) is 20.3 Å². The highest BCUT2D eigenvalue weighted by Gasteiger charge is 2.26. The fourth-order valence-electron chi connectivity index (χ4n) is 1.16. The first-order chi connectivity index (χ1) is 8.45. The number of hydrogen-bond donors (Lipinski definition) is 2. The van der Waals surface area contributed by atoms with Gasteiger partial charge in [0.05, 0.1) is 6.61 Å². The van der Waals surface area contributed by atoms with E-state index in [4.69, 9.17) is 20.9 Å². The number of carbonyl (C=O) groups is 1. The van der Waals surface area contributed by atoms with E-state index in [-0.39, 0.29) is 6.61 Å². The molecule has 0 aliphatic rings. The molecule has 100 valence electrons. The summed E-state index contributed by atoms with van der Waals surface area (Å²) in [5, 5.41) is 0. The summed E-state index contributed by atoms with van der Waals surface area (Å²) in [7, 11) is 0. The van der Waals surface area contributed by atoms with E-state index in [1.165, 1.54) is 6.92 Å². The maximum atomic E-state index is 11.0. The molecule has 1 unspecified atom stereocenters. The Morgan fingerprint density at radius 3 is 2.17 bits per heavy atom. The zero-order chi connectivity index (χ0) is 13.6. The molecule has 5 nitrogen and oxygen atoms in total. The van der Waals surface area contributed by atoms with Crippen molar-refractivity contribution in [3.05, 3.63) is 24.3 Å². The number of benzene rings is 1. The summed E-state index contributed by atoms with van der Waals surface area (Å²) in [5.41, 5.74) is 9.66. The van der Waals surface area contributed by atoms with Crippen LogP contribution < -0.4 is 20.9 Å². The summed E-state index contributed by atoms with van der Waals surface area (Å²) >= 11 is 0. The molecule has 1 aromatic carbocycles. The van der Waals surface area contributed by atoms with Crippen LogP contribution in [-0.2, 0) is 4.79 Å². The highest BCUT2D eigenvalue weighted by Crippen LogP contribution is 2.18. The average molecular weight is 252 g/mol. The van der Waals surface area contributed by atoms with Crippen molar-refractivity contribution in [1.29, 1.82) is 0 Å². The Bertz CT molecular complexity index is 388. The van der Waals surface area contributed by atoms with Gasteiger partial charge in [-0.05, 0) is 37.6 Å². The monoisotopic (exact) mass is 252 g/mol. The summed E-state index contributed by atoms with van der Waals surface area (Å²) in [6.45, 7) is 4.30. The van der Waals surface area contributed by atoms with Gasteiger partial charge in [0.1, 0.15) is 23.6 Å². The molecule has 0 heterocycles. The number of amides is 1. The van der Waals surface area contributed by atoms with Crippen LogP contribution in [0.5, 0.6) is 11.5 Å². The lowest BCUT2D eigenvalue weighted by Crippen LogP contribution is -2.53. The van der Waals surface area contributed by atoms with E-state index in [1.807, 2.05) is 19.1 Å². The number of hydrogen-bond acceptors (Lipinski definition) is 4. The first kappa shape index (κ1) is 14.3. The van der Waals surface area contributed by atoms with E-state index in [0.29, 0.717) is 12.4 Å².